The first-order valence-corrected chi connectivity index (χ1v) is 20.3. The zero-order chi connectivity index (χ0) is 41.2. The van der Waals surface area contributed by atoms with Crippen molar-refractivity contribution in [2.75, 3.05) is 7.05 Å². The summed E-state index contributed by atoms with van der Waals surface area (Å²) in [5.74, 6) is 3.24. The summed E-state index contributed by atoms with van der Waals surface area (Å²) in [6.07, 6.45) is 0. The van der Waals surface area contributed by atoms with Crippen molar-refractivity contribution >= 4 is 11.7 Å². The summed E-state index contributed by atoms with van der Waals surface area (Å²) in [5, 5.41) is 3.62. The highest BCUT2D eigenvalue weighted by Gasteiger charge is 2.16. The molecule has 0 spiro atoms. The third-order valence-corrected chi connectivity index (χ3v) is 10.4. The van der Waals surface area contributed by atoms with Crippen LogP contribution in [0.3, 0.4) is 0 Å². The Labute approximate surface area is 356 Å². The van der Waals surface area contributed by atoms with Gasteiger partial charge in [0, 0.05) is 41.4 Å². The third-order valence-electron chi connectivity index (χ3n) is 10.4. The van der Waals surface area contributed by atoms with Crippen LogP contribution in [0.4, 0.5) is 0 Å². The molecule has 0 atom stereocenters. The molecule has 292 valence electrons. The molecule has 1 aromatic heterocycles. The summed E-state index contributed by atoms with van der Waals surface area (Å²) in [6, 6.07) is 74.8. The van der Waals surface area contributed by atoms with Crippen LogP contribution in [-0.2, 0) is 6.54 Å². The lowest BCUT2D eigenvalue weighted by atomic mass is 9.96. The average Bonchev–Trinajstić information content (AvgIpc) is 3.35. The predicted octanol–water partition coefficient (Wildman–Crippen LogP) is 12.5. The second kappa shape index (κ2) is 18.2. The Morgan fingerprint density at radius 1 is 0.377 bits per heavy atom. The van der Waals surface area contributed by atoms with Crippen LogP contribution in [0.1, 0.15) is 16.7 Å². The number of nitrogens with one attached hydrogen (secondary N) is 1. The summed E-state index contributed by atoms with van der Waals surface area (Å²) in [5.41, 5.74) is 12.4. The van der Waals surface area contributed by atoms with E-state index in [0.29, 0.717) is 29.9 Å². The Balaban J connectivity index is 1.07. The van der Waals surface area contributed by atoms with Gasteiger partial charge in [-0.2, -0.15) is 0 Å². The van der Waals surface area contributed by atoms with E-state index < -0.39 is 0 Å². The molecule has 0 aliphatic carbocycles. The monoisotopic (exact) mass is 786 g/mol. The third kappa shape index (κ3) is 9.15. The molecule has 0 bridgehead atoms. The van der Waals surface area contributed by atoms with Gasteiger partial charge in [-0.3, -0.25) is 4.99 Å². The number of hydrogen-bond donors (Lipinski definition) is 1. The molecule has 8 aromatic carbocycles. The summed E-state index contributed by atoms with van der Waals surface area (Å²) in [7, 11) is 1.78. The van der Waals surface area contributed by atoms with E-state index in [1.54, 1.807) is 7.05 Å². The molecule has 6 heteroatoms. The first kappa shape index (κ1) is 38.4. The van der Waals surface area contributed by atoms with Crippen LogP contribution in [0.2, 0.25) is 0 Å². The van der Waals surface area contributed by atoms with Crippen molar-refractivity contribution in [3.63, 3.8) is 0 Å². The lowest BCUT2D eigenvalue weighted by molar-refractivity contribution is 0.916. The van der Waals surface area contributed by atoms with Gasteiger partial charge in [0.2, 0.25) is 0 Å². The fourth-order valence-corrected chi connectivity index (χ4v) is 7.33. The zero-order valence-electron chi connectivity index (χ0n) is 33.7. The Bertz CT molecular complexity index is 2890. The number of aromatic nitrogens is 3. The molecular weight excluding hydrogens is 745 g/mol. The van der Waals surface area contributed by atoms with Crippen LogP contribution in [0.25, 0.3) is 67.5 Å². The van der Waals surface area contributed by atoms with Crippen molar-refractivity contribution in [1.29, 1.82) is 0 Å². The van der Waals surface area contributed by atoms with Crippen molar-refractivity contribution in [2.45, 2.75) is 6.54 Å². The summed E-state index contributed by atoms with van der Waals surface area (Å²) in [6.45, 7) is 0.567. The number of hydrogen-bond acceptors (Lipinski definition) is 4. The molecule has 0 unspecified atom stereocenters. The van der Waals surface area contributed by atoms with Crippen LogP contribution in [-0.4, -0.2) is 33.7 Å². The van der Waals surface area contributed by atoms with E-state index in [2.05, 4.69) is 138 Å². The fraction of sp³-hybridized carbons (Fsp3) is 0.0364. The molecule has 6 nitrogen and oxygen atoms in total. The molecule has 9 rings (SSSR count). The van der Waals surface area contributed by atoms with Gasteiger partial charge in [-0.25, -0.2) is 19.9 Å². The Hall–Kier alpha value is -8.09. The van der Waals surface area contributed by atoms with Gasteiger partial charge in [-0.1, -0.05) is 188 Å². The first-order valence-electron chi connectivity index (χ1n) is 20.3. The molecular formula is C55H42N6. The van der Waals surface area contributed by atoms with E-state index in [-0.39, 0.29) is 0 Å². The van der Waals surface area contributed by atoms with Crippen molar-refractivity contribution in [2.24, 2.45) is 9.98 Å². The molecule has 1 N–H and O–H groups in total. The minimum absolute atomic E-state index is 0.567. The highest BCUT2D eigenvalue weighted by atomic mass is 15.0. The van der Waals surface area contributed by atoms with Gasteiger partial charge in [0.15, 0.2) is 23.3 Å². The van der Waals surface area contributed by atoms with Crippen LogP contribution in [0.5, 0.6) is 0 Å². The summed E-state index contributed by atoms with van der Waals surface area (Å²) >= 11 is 0. The van der Waals surface area contributed by atoms with Crippen LogP contribution in [0, 0.1) is 0 Å². The van der Waals surface area contributed by atoms with Gasteiger partial charge in [0.05, 0.1) is 0 Å². The second-order valence-electron chi connectivity index (χ2n) is 14.6. The van der Waals surface area contributed by atoms with Crippen LogP contribution >= 0.6 is 0 Å². The van der Waals surface area contributed by atoms with E-state index in [1.807, 2.05) is 91.0 Å². The van der Waals surface area contributed by atoms with Crippen molar-refractivity contribution in [1.82, 2.24) is 20.3 Å². The maximum absolute atomic E-state index is 5.20. The number of benzene rings is 8. The van der Waals surface area contributed by atoms with E-state index in [4.69, 9.17) is 19.9 Å². The Morgan fingerprint density at radius 2 is 0.787 bits per heavy atom. The summed E-state index contributed by atoms with van der Waals surface area (Å²) in [4.78, 5) is 24.9. The van der Waals surface area contributed by atoms with Gasteiger partial charge in [0.25, 0.3) is 0 Å². The van der Waals surface area contributed by atoms with Crippen molar-refractivity contribution in [3.05, 3.63) is 235 Å². The number of amidine groups is 2. The van der Waals surface area contributed by atoms with Crippen LogP contribution in [0.15, 0.2) is 228 Å². The lowest BCUT2D eigenvalue weighted by Crippen LogP contribution is -2.25. The van der Waals surface area contributed by atoms with Gasteiger partial charge >= 0.3 is 0 Å². The molecule has 0 fully saturated rings. The SMILES string of the molecule is CN=C(N=C(NCc1cccc(-c2cccc(-c3nc(-c4ccccc4)nc(-c4cc(-c5ccccc5)cc(-c5ccccc5)c4)n3)c2)c1)c1ccccc1)c1ccccc1. The maximum atomic E-state index is 5.20. The largest absolute Gasteiger partial charge is 0.365 e. The minimum Gasteiger partial charge on any atom is -0.365 e. The number of aliphatic imine (C=N–C) groups is 2. The Morgan fingerprint density at radius 3 is 1.36 bits per heavy atom. The van der Waals surface area contributed by atoms with Crippen molar-refractivity contribution < 1.29 is 0 Å². The van der Waals surface area contributed by atoms with Gasteiger partial charge in [0.1, 0.15) is 5.84 Å². The minimum atomic E-state index is 0.567. The molecule has 9 aromatic rings. The van der Waals surface area contributed by atoms with Crippen LogP contribution < -0.4 is 5.32 Å². The Kier molecular flexibility index (Phi) is 11.5. The van der Waals surface area contributed by atoms with E-state index >= 15 is 0 Å². The summed E-state index contributed by atoms with van der Waals surface area (Å²) < 4.78 is 0. The first-order chi connectivity index (χ1) is 30.2. The quantitative estimate of drug-likeness (QED) is 0.111. The van der Waals surface area contributed by atoms with E-state index in [0.717, 1.165) is 72.6 Å². The number of nitrogens with zero attached hydrogens (tertiary/aromatic N) is 5. The van der Waals surface area contributed by atoms with Gasteiger partial charge < -0.3 is 5.32 Å². The van der Waals surface area contributed by atoms with Gasteiger partial charge in [-0.15, -0.1) is 0 Å². The normalized spacial score (nSPS) is 11.6. The van der Waals surface area contributed by atoms with E-state index in [9.17, 15) is 0 Å². The molecule has 0 amide bonds. The molecule has 0 aliphatic heterocycles. The standard InChI is InChI=1S/C55H42N6/c1-56-51(42-24-11-4-12-25-42)58-52(43-26-13-5-14-27-43)57-38-39-19-17-30-45(33-39)46-31-18-32-47(34-46)54-59-53(44-28-15-6-16-29-44)60-55(61-54)50-36-48(40-20-7-2-8-21-40)35-49(37-50)41-22-9-3-10-23-41/h2-37H,38H2,1H3,(H,56,57,58). The zero-order valence-corrected chi connectivity index (χ0v) is 33.7. The topological polar surface area (TPSA) is 75.4 Å². The molecule has 0 saturated heterocycles. The fourth-order valence-electron chi connectivity index (χ4n) is 7.33. The maximum Gasteiger partial charge on any atom is 0.164 e. The molecule has 0 saturated carbocycles. The molecule has 1 heterocycles. The van der Waals surface area contributed by atoms with E-state index in [1.165, 1.54) is 0 Å². The lowest BCUT2D eigenvalue weighted by Gasteiger charge is -2.13. The highest BCUT2D eigenvalue weighted by Crippen LogP contribution is 2.34. The number of rotatable bonds is 10. The average molecular weight is 787 g/mol. The van der Waals surface area contributed by atoms with Gasteiger partial charge in [-0.05, 0) is 69.3 Å². The smallest absolute Gasteiger partial charge is 0.164 e. The van der Waals surface area contributed by atoms with Crippen molar-refractivity contribution in [3.8, 4) is 67.5 Å². The predicted molar refractivity (Wildman–Crippen MR) is 251 cm³/mol. The molecule has 61 heavy (non-hydrogen) atoms. The highest BCUT2D eigenvalue weighted by molar-refractivity contribution is 6.11. The molecule has 0 radical (unpaired) electrons. The molecule has 0 aliphatic rings. The second-order valence-corrected chi connectivity index (χ2v) is 14.6.